The minimum atomic E-state index is -3.89. The fourth-order valence-electron chi connectivity index (χ4n) is 3.05. The predicted molar refractivity (Wildman–Crippen MR) is 128 cm³/mol. The van der Waals surface area contributed by atoms with E-state index >= 15 is 0 Å². The monoisotopic (exact) mass is 525 g/mol. The van der Waals surface area contributed by atoms with Crippen molar-refractivity contribution in [1.82, 2.24) is 19.5 Å². The van der Waals surface area contributed by atoms with Crippen LogP contribution in [-0.4, -0.2) is 47.3 Å². The molecule has 0 fully saturated rings. The first kappa shape index (κ1) is 25.8. The summed E-state index contributed by atoms with van der Waals surface area (Å²) in [6.07, 6.45) is 3.11. The van der Waals surface area contributed by atoms with Gasteiger partial charge in [-0.1, -0.05) is 35.3 Å². The Morgan fingerprint density at radius 3 is 2.68 bits per heavy atom. The molecule has 3 rings (SSSR count). The van der Waals surface area contributed by atoms with Crippen LogP contribution in [0.25, 0.3) is 0 Å². The first-order valence-corrected chi connectivity index (χ1v) is 12.2. The Balaban J connectivity index is 1.77. The fourth-order valence-corrected chi connectivity index (χ4v) is 4.61. The molecule has 1 amide bonds. The Labute approximate surface area is 205 Å². The molecule has 1 unspecified atom stereocenters. The van der Waals surface area contributed by atoms with Gasteiger partial charge in [-0.15, -0.1) is 0 Å². The number of hydrogen-bond acceptors (Lipinski definition) is 7. The van der Waals surface area contributed by atoms with E-state index in [0.717, 1.165) is 11.9 Å². The van der Waals surface area contributed by atoms with E-state index in [4.69, 9.17) is 23.2 Å². The van der Waals surface area contributed by atoms with Crippen LogP contribution in [0.4, 0.5) is 5.69 Å². The number of aliphatic hydroxyl groups excluding tert-OH is 1. The largest absolute Gasteiger partial charge is 0.394 e. The first-order valence-electron chi connectivity index (χ1n) is 9.99. The second-order valence-corrected chi connectivity index (χ2v) is 9.71. The second-order valence-electron chi connectivity index (χ2n) is 7.19. The van der Waals surface area contributed by atoms with Crippen LogP contribution in [0.1, 0.15) is 17.3 Å². The van der Waals surface area contributed by atoms with Crippen molar-refractivity contribution >= 4 is 44.8 Å². The van der Waals surface area contributed by atoms with Crippen molar-refractivity contribution in [2.75, 3.05) is 18.5 Å². The summed E-state index contributed by atoms with van der Waals surface area (Å²) in [6, 6.07) is 8.28. The van der Waals surface area contributed by atoms with E-state index in [-0.39, 0.29) is 27.2 Å². The Hall–Kier alpha value is -2.83. The molecule has 1 aromatic carbocycles. The smallest absolute Gasteiger partial charge is 0.287 e. The van der Waals surface area contributed by atoms with Crippen LogP contribution in [0, 0.1) is 6.92 Å². The summed E-state index contributed by atoms with van der Waals surface area (Å²) >= 11 is 11.6. The minimum Gasteiger partial charge on any atom is -0.394 e. The second kappa shape index (κ2) is 11.1. The van der Waals surface area contributed by atoms with Gasteiger partial charge in [-0.3, -0.25) is 14.6 Å². The average Bonchev–Trinajstić information content (AvgIpc) is 2.81. The summed E-state index contributed by atoms with van der Waals surface area (Å²) in [6.45, 7) is 0.991. The lowest BCUT2D eigenvalue weighted by Gasteiger charge is -2.17. The molecule has 13 heteroatoms. The number of aryl methyl sites for hydroxylation is 1. The lowest BCUT2D eigenvalue weighted by molar-refractivity contribution is -0.120. The van der Waals surface area contributed by atoms with Crippen LogP contribution >= 0.6 is 23.2 Å². The first-order chi connectivity index (χ1) is 16.1. The van der Waals surface area contributed by atoms with Gasteiger partial charge in [-0.05, 0) is 36.8 Å². The van der Waals surface area contributed by atoms with Gasteiger partial charge in [0.1, 0.15) is 5.02 Å². The normalized spacial score (nSPS) is 12.4. The van der Waals surface area contributed by atoms with E-state index in [1.54, 1.807) is 25.3 Å². The molecule has 0 spiro atoms. The third-order valence-corrected chi connectivity index (χ3v) is 7.17. The third-order valence-electron chi connectivity index (χ3n) is 4.82. The third kappa shape index (κ3) is 5.99. The molecule has 1 atom stereocenters. The van der Waals surface area contributed by atoms with E-state index in [0.29, 0.717) is 16.7 Å². The van der Waals surface area contributed by atoms with Gasteiger partial charge in [0.2, 0.25) is 10.0 Å². The molecule has 3 N–H and O–H groups in total. The minimum absolute atomic E-state index is 0.0308. The molecule has 0 saturated heterocycles. The summed E-state index contributed by atoms with van der Waals surface area (Å²) in [5.41, 5.74) is 0.494. The van der Waals surface area contributed by atoms with Gasteiger partial charge < -0.3 is 10.4 Å². The molecule has 0 aliphatic carbocycles. The number of aromatic nitrogens is 3. The Bertz CT molecular complexity index is 1350. The van der Waals surface area contributed by atoms with Crippen LogP contribution in [0.15, 0.2) is 58.5 Å². The number of sulfonamides is 1. The number of nitrogens with zero attached hydrogens (tertiary/aromatic N) is 3. The van der Waals surface area contributed by atoms with Crippen molar-refractivity contribution in [3.63, 3.8) is 0 Å². The SMILES string of the molecule is Cc1ccc(NC(=O)C(CO)n2ncc(Cl)c(Cl)c2=O)cc1S(=O)(=O)NCCc1ccccn1. The maximum absolute atomic E-state index is 12.8. The topological polar surface area (TPSA) is 143 Å². The van der Waals surface area contributed by atoms with Gasteiger partial charge in [0, 0.05) is 30.5 Å². The van der Waals surface area contributed by atoms with Gasteiger partial charge in [0.05, 0.1) is 22.7 Å². The van der Waals surface area contributed by atoms with Crippen molar-refractivity contribution in [3.05, 3.63) is 80.4 Å². The maximum atomic E-state index is 12.8. The van der Waals surface area contributed by atoms with Crippen molar-refractivity contribution in [2.45, 2.75) is 24.3 Å². The number of anilines is 1. The molecule has 2 heterocycles. The molecule has 0 aliphatic rings. The molecular weight excluding hydrogens is 505 g/mol. The summed E-state index contributed by atoms with van der Waals surface area (Å²) in [7, 11) is -3.89. The lowest BCUT2D eigenvalue weighted by atomic mass is 10.2. The molecule has 180 valence electrons. The van der Waals surface area contributed by atoms with Crippen molar-refractivity contribution < 1.29 is 18.3 Å². The zero-order valence-corrected chi connectivity index (χ0v) is 20.2. The van der Waals surface area contributed by atoms with Gasteiger partial charge in [-0.25, -0.2) is 17.8 Å². The Morgan fingerprint density at radius 1 is 1.24 bits per heavy atom. The summed E-state index contributed by atoms with van der Waals surface area (Å²) in [5, 5.41) is 15.5. The number of halogens is 2. The Kier molecular flexibility index (Phi) is 8.39. The van der Waals surface area contributed by atoms with Gasteiger partial charge >= 0.3 is 0 Å². The molecule has 0 aliphatic heterocycles. The highest BCUT2D eigenvalue weighted by molar-refractivity contribution is 7.89. The van der Waals surface area contributed by atoms with E-state index in [1.807, 2.05) is 6.07 Å². The summed E-state index contributed by atoms with van der Waals surface area (Å²) in [5.74, 6) is -0.800. The molecule has 3 aromatic rings. The van der Waals surface area contributed by atoms with Crippen LogP contribution < -0.4 is 15.6 Å². The zero-order chi connectivity index (χ0) is 24.9. The number of carbonyl (C=O) groups excluding carboxylic acids is 1. The number of rotatable bonds is 9. The van der Waals surface area contributed by atoms with Crippen LogP contribution in [0.2, 0.25) is 10.0 Å². The number of benzene rings is 1. The highest BCUT2D eigenvalue weighted by Crippen LogP contribution is 2.22. The standard InChI is InChI=1S/C21H21Cl2N5O5S/c1-13-5-6-15(10-18(13)34(32,33)26-9-7-14-4-2-3-8-24-14)27-20(30)17(12-29)28-21(31)19(23)16(22)11-25-28/h2-6,8,10-11,17,26,29H,7,9,12H2,1H3,(H,27,30). The lowest BCUT2D eigenvalue weighted by Crippen LogP contribution is -2.37. The Morgan fingerprint density at radius 2 is 2.00 bits per heavy atom. The van der Waals surface area contributed by atoms with Crippen molar-refractivity contribution in [3.8, 4) is 0 Å². The van der Waals surface area contributed by atoms with Crippen molar-refractivity contribution in [2.24, 2.45) is 0 Å². The fraction of sp³-hybridized carbons (Fsp3) is 0.238. The van der Waals surface area contributed by atoms with E-state index in [1.165, 1.54) is 18.2 Å². The average molecular weight is 526 g/mol. The maximum Gasteiger partial charge on any atom is 0.287 e. The molecule has 10 nitrogen and oxygen atoms in total. The number of carbonyl (C=O) groups is 1. The highest BCUT2D eigenvalue weighted by atomic mass is 35.5. The number of amides is 1. The predicted octanol–water partition coefficient (Wildman–Crippen LogP) is 1.95. The summed E-state index contributed by atoms with van der Waals surface area (Å²) in [4.78, 5) is 29.2. The van der Waals surface area contributed by atoms with Gasteiger partial charge in [0.15, 0.2) is 6.04 Å². The quantitative estimate of drug-likeness (QED) is 0.387. The van der Waals surface area contributed by atoms with E-state index in [9.17, 15) is 23.1 Å². The van der Waals surface area contributed by atoms with Crippen LogP contribution in [-0.2, 0) is 21.2 Å². The number of nitrogens with one attached hydrogen (secondary N) is 2. The van der Waals surface area contributed by atoms with Crippen LogP contribution in [0.3, 0.4) is 0 Å². The zero-order valence-electron chi connectivity index (χ0n) is 17.9. The van der Waals surface area contributed by atoms with E-state index < -0.39 is 34.1 Å². The van der Waals surface area contributed by atoms with Gasteiger partial charge in [-0.2, -0.15) is 5.10 Å². The molecule has 0 radical (unpaired) electrons. The van der Waals surface area contributed by atoms with Gasteiger partial charge in [0.25, 0.3) is 11.5 Å². The molecule has 34 heavy (non-hydrogen) atoms. The molecular formula is C21H21Cl2N5O5S. The summed E-state index contributed by atoms with van der Waals surface area (Å²) < 4.78 is 28.9. The number of aliphatic hydroxyl groups is 1. The van der Waals surface area contributed by atoms with Crippen molar-refractivity contribution in [1.29, 1.82) is 0 Å². The number of pyridine rings is 1. The van der Waals surface area contributed by atoms with Crippen LogP contribution in [0.5, 0.6) is 0 Å². The number of hydrogen-bond donors (Lipinski definition) is 3. The molecule has 0 bridgehead atoms. The van der Waals surface area contributed by atoms with E-state index in [2.05, 4.69) is 20.1 Å². The highest BCUT2D eigenvalue weighted by Gasteiger charge is 2.25. The molecule has 0 saturated carbocycles. The molecule has 2 aromatic heterocycles.